The first kappa shape index (κ1) is 16.5. The molecule has 1 unspecified atom stereocenters. The van der Waals surface area contributed by atoms with Gasteiger partial charge in [0.2, 0.25) is 0 Å². The van der Waals surface area contributed by atoms with E-state index in [1.54, 1.807) is 11.3 Å². The summed E-state index contributed by atoms with van der Waals surface area (Å²) in [7, 11) is 0. The SMILES string of the molecule is O=C(c1csc(C2CCCO2)n1)N1CCCN(C2CCCC2)CC1. The van der Waals surface area contributed by atoms with Crippen molar-refractivity contribution in [3.63, 3.8) is 0 Å². The Labute approximate surface area is 148 Å². The normalized spacial score (nSPS) is 26.8. The molecular weight excluding hydrogens is 322 g/mol. The third kappa shape index (κ3) is 3.51. The largest absolute Gasteiger partial charge is 0.371 e. The van der Waals surface area contributed by atoms with E-state index in [4.69, 9.17) is 4.74 Å². The summed E-state index contributed by atoms with van der Waals surface area (Å²) in [6, 6.07) is 0.755. The van der Waals surface area contributed by atoms with Crippen LogP contribution in [-0.2, 0) is 4.74 Å². The molecule has 3 heterocycles. The topological polar surface area (TPSA) is 45.7 Å². The zero-order valence-electron chi connectivity index (χ0n) is 14.3. The van der Waals surface area contributed by atoms with E-state index in [2.05, 4.69) is 9.88 Å². The Morgan fingerprint density at radius 1 is 1.08 bits per heavy atom. The number of ether oxygens (including phenoxy) is 1. The first-order valence-electron chi connectivity index (χ1n) is 9.41. The number of aromatic nitrogens is 1. The first-order valence-corrected chi connectivity index (χ1v) is 10.3. The van der Waals surface area contributed by atoms with Gasteiger partial charge in [0.15, 0.2) is 0 Å². The molecule has 0 aromatic carbocycles. The lowest BCUT2D eigenvalue weighted by Gasteiger charge is -2.27. The summed E-state index contributed by atoms with van der Waals surface area (Å²) in [6.45, 7) is 4.65. The summed E-state index contributed by atoms with van der Waals surface area (Å²) < 4.78 is 5.68. The van der Waals surface area contributed by atoms with E-state index in [1.807, 2.05) is 10.3 Å². The Bertz CT molecular complexity index is 564. The Balaban J connectivity index is 1.37. The third-order valence-corrected chi connectivity index (χ3v) is 6.54. The van der Waals surface area contributed by atoms with Gasteiger partial charge in [0.1, 0.15) is 16.8 Å². The van der Waals surface area contributed by atoms with Crippen LogP contribution in [0.15, 0.2) is 5.38 Å². The van der Waals surface area contributed by atoms with Crippen LogP contribution in [0.3, 0.4) is 0 Å². The molecule has 4 rings (SSSR count). The maximum Gasteiger partial charge on any atom is 0.273 e. The van der Waals surface area contributed by atoms with E-state index < -0.39 is 0 Å². The van der Waals surface area contributed by atoms with Crippen LogP contribution in [0.2, 0.25) is 0 Å². The lowest BCUT2D eigenvalue weighted by molar-refractivity contribution is 0.0751. The van der Waals surface area contributed by atoms with Crippen LogP contribution in [-0.4, -0.2) is 59.5 Å². The van der Waals surface area contributed by atoms with E-state index in [9.17, 15) is 4.79 Å². The molecule has 1 aromatic heterocycles. The Kier molecular flexibility index (Phi) is 5.15. The van der Waals surface area contributed by atoms with E-state index in [0.29, 0.717) is 5.69 Å². The van der Waals surface area contributed by atoms with Crippen molar-refractivity contribution in [3.05, 3.63) is 16.1 Å². The summed E-state index contributed by atoms with van der Waals surface area (Å²) in [6.07, 6.45) is 8.72. The summed E-state index contributed by atoms with van der Waals surface area (Å²) in [5.41, 5.74) is 0.611. The number of carbonyl (C=O) groups excluding carboxylic acids is 1. The van der Waals surface area contributed by atoms with Crippen molar-refractivity contribution in [2.45, 2.75) is 57.1 Å². The number of hydrogen-bond donors (Lipinski definition) is 0. The fourth-order valence-electron chi connectivity index (χ4n) is 4.24. The number of rotatable bonds is 3. The lowest BCUT2D eigenvalue weighted by atomic mass is 10.2. The van der Waals surface area contributed by atoms with Crippen LogP contribution >= 0.6 is 11.3 Å². The number of nitrogens with zero attached hydrogens (tertiary/aromatic N) is 3. The van der Waals surface area contributed by atoms with Crippen LogP contribution in [0.5, 0.6) is 0 Å². The molecule has 2 aliphatic heterocycles. The second-order valence-electron chi connectivity index (χ2n) is 7.19. The Hall–Kier alpha value is -0.980. The number of carbonyl (C=O) groups is 1. The molecule has 1 atom stereocenters. The molecule has 0 bridgehead atoms. The third-order valence-electron chi connectivity index (χ3n) is 5.60. The van der Waals surface area contributed by atoms with E-state index in [0.717, 1.165) is 63.1 Å². The van der Waals surface area contributed by atoms with E-state index >= 15 is 0 Å². The highest BCUT2D eigenvalue weighted by Gasteiger charge is 2.28. The van der Waals surface area contributed by atoms with Crippen molar-refractivity contribution in [2.24, 2.45) is 0 Å². The van der Waals surface area contributed by atoms with Crippen molar-refractivity contribution in [2.75, 3.05) is 32.8 Å². The van der Waals surface area contributed by atoms with Crippen molar-refractivity contribution >= 4 is 17.2 Å². The minimum Gasteiger partial charge on any atom is -0.371 e. The quantitative estimate of drug-likeness (QED) is 0.841. The van der Waals surface area contributed by atoms with E-state index in [1.165, 1.54) is 25.7 Å². The van der Waals surface area contributed by atoms with Gasteiger partial charge < -0.3 is 9.64 Å². The minimum atomic E-state index is 0.101. The monoisotopic (exact) mass is 349 g/mol. The van der Waals surface area contributed by atoms with Crippen LogP contribution in [0.25, 0.3) is 0 Å². The zero-order chi connectivity index (χ0) is 16.4. The standard InChI is InChI=1S/C18H27N3O2S/c22-18(15-13-24-17(19-15)16-7-3-12-23-16)21-9-4-8-20(10-11-21)14-5-1-2-6-14/h13-14,16H,1-12H2. The fourth-order valence-corrected chi connectivity index (χ4v) is 5.12. The van der Waals surface area contributed by atoms with Gasteiger partial charge in [-0.1, -0.05) is 12.8 Å². The molecule has 1 saturated carbocycles. The van der Waals surface area contributed by atoms with Gasteiger partial charge in [-0.25, -0.2) is 4.98 Å². The number of thiazole rings is 1. The van der Waals surface area contributed by atoms with Crippen molar-refractivity contribution in [1.82, 2.24) is 14.8 Å². The molecule has 6 heteroatoms. The average molecular weight is 350 g/mol. The molecular formula is C18H27N3O2S. The average Bonchev–Trinajstić information content (AvgIpc) is 3.33. The van der Waals surface area contributed by atoms with Crippen molar-refractivity contribution in [3.8, 4) is 0 Å². The van der Waals surface area contributed by atoms with Crippen LogP contribution in [0.1, 0.15) is 66.5 Å². The smallest absolute Gasteiger partial charge is 0.273 e. The summed E-state index contributed by atoms with van der Waals surface area (Å²) >= 11 is 1.57. The molecule has 24 heavy (non-hydrogen) atoms. The molecule has 5 nitrogen and oxygen atoms in total. The zero-order valence-corrected chi connectivity index (χ0v) is 15.1. The predicted molar refractivity (Wildman–Crippen MR) is 94.4 cm³/mol. The summed E-state index contributed by atoms with van der Waals surface area (Å²) in [5, 5.41) is 2.89. The van der Waals surface area contributed by atoms with Crippen LogP contribution < -0.4 is 0 Å². The molecule has 2 saturated heterocycles. The molecule has 1 aromatic rings. The fraction of sp³-hybridized carbons (Fsp3) is 0.778. The van der Waals surface area contributed by atoms with Gasteiger partial charge >= 0.3 is 0 Å². The first-order chi connectivity index (χ1) is 11.8. The molecule has 0 N–H and O–H groups in total. The molecule has 132 valence electrons. The lowest BCUT2D eigenvalue weighted by Crippen LogP contribution is -2.38. The number of amides is 1. The molecule has 3 aliphatic rings. The maximum absolute atomic E-state index is 12.8. The number of hydrogen-bond acceptors (Lipinski definition) is 5. The molecule has 1 aliphatic carbocycles. The molecule has 0 spiro atoms. The Morgan fingerprint density at radius 2 is 1.96 bits per heavy atom. The van der Waals surface area contributed by atoms with Crippen molar-refractivity contribution < 1.29 is 9.53 Å². The summed E-state index contributed by atoms with van der Waals surface area (Å²) in [4.78, 5) is 22.0. The van der Waals surface area contributed by atoms with Gasteiger partial charge in [0, 0.05) is 44.2 Å². The van der Waals surface area contributed by atoms with Crippen molar-refractivity contribution in [1.29, 1.82) is 0 Å². The molecule has 1 amide bonds. The second kappa shape index (κ2) is 7.50. The second-order valence-corrected chi connectivity index (χ2v) is 8.08. The van der Waals surface area contributed by atoms with Gasteiger partial charge in [-0.05, 0) is 32.1 Å². The molecule has 0 radical (unpaired) electrons. The van der Waals surface area contributed by atoms with Crippen LogP contribution in [0.4, 0.5) is 0 Å². The highest BCUT2D eigenvalue weighted by molar-refractivity contribution is 7.09. The van der Waals surface area contributed by atoms with Gasteiger partial charge in [-0.15, -0.1) is 11.3 Å². The minimum absolute atomic E-state index is 0.101. The van der Waals surface area contributed by atoms with Gasteiger partial charge in [0.05, 0.1) is 0 Å². The van der Waals surface area contributed by atoms with Gasteiger partial charge in [-0.3, -0.25) is 9.69 Å². The maximum atomic E-state index is 12.8. The Morgan fingerprint density at radius 3 is 2.75 bits per heavy atom. The van der Waals surface area contributed by atoms with Gasteiger partial charge in [0.25, 0.3) is 5.91 Å². The van der Waals surface area contributed by atoms with E-state index in [-0.39, 0.29) is 12.0 Å². The highest BCUT2D eigenvalue weighted by Crippen LogP contribution is 2.31. The predicted octanol–water partition coefficient (Wildman–Crippen LogP) is 3.09. The summed E-state index contributed by atoms with van der Waals surface area (Å²) in [5.74, 6) is 0.101. The highest BCUT2D eigenvalue weighted by atomic mass is 32.1. The van der Waals surface area contributed by atoms with Gasteiger partial charge in [-0.2, -0.15) is 0 Å². The molecule has 3 fully saturated rings. The van der Waals surface area contributed by atoms with Crippen LogP contribution in [0, 0.1) is 0 Å².